The lowest BCUT2D eigenvalue weighted by atomic mass is 10.1. The summed E-state index contributed by atoms with van der Waals surface area (Å²) < 4.78 is 5.15. The molecule has 0 aliphatic carbocycles. The van der Waals surface area contributed by atoms with Gasteiger partial charge in [-0.05, 0) is 23.8 Å². The SMILES string of the molecule is O=C(Cc1ccc(Cl)cc1)OCc1ccc(Cl)nc1. The molecule has 0 radical (unpaired) electrons. The molecule has 1 aromatic heterocycles. The number of carbonyl (C=O) groups excluding carboxylic acids is 1. The Hall–Kier alpha value is -1.58. The lowest BCUT2D eigenvalue weighted by molar-refractivity contribution is -0.144. The van der Waals surface area contributed by atoms with Gasteiger partial charge in [-0.2, -0.15) is 0 Å². The van der Waals surface area contributed by atoms with Crippen molar-refractivity contribution in [3.8, 4) is 0 Å². The van der Waals surface area contributed by atoms with Gasteiger partial charge in [0.1, 0.15) is 11.8 Å². The highest BCUT2D eigenvalue weighted by molar-refractivity contribution is 6.30. The van der Waals surface area contributed by atoms with Crippen LogP contribution >= 0.6 is 23.2 Å². The molecule has 2 aromatic rings. The third kappa shape index (κ3) is 4.54. The van der Waals surface area contributed by atoms with Gasteiger partial charge < -0.3 is 4.74 Å². The number of hydrogen-bond donors (Lipinski definition) is 0. The summed E-state index contributed by atoms with van der Waals surface area (Å²) in [5.41, 5.74) is 1.66. The Bertz CT molecular complexity index is 553. The van der Waals surface area contributed by atoms with Crippen molar-refractivity contribution >= 4 is 29.2 Å². The average Bonchev–Trinajstić information content (AvgIpc) is 2.41. The van der Waals surface area contributed by atoms with Gasteiger partial charge in [-0.25, -0.2) is 4.98 Å². The molecule has 3 nitrogen and oxygen atoms in total. The third-order valence-corrected chi connectivity index (χ3v) is 2.93. The second-order valence-electron chi connectivity index (χ2n) is 3.95. The zero-order valence-corrected chi connectivity index (χ0v) is 11.5. The number of esters is 1. The molecule has 0 atom stereocenters. The minimum absolute atomic E-state index is 0.191. The average molecular weight is 296 g/mol. The van der Waals surface area contributed by atoms with Crippen LogP contribution in [0.4, 0.5) is 0 Å². The quantitative estimate of drug-likeness (QED) is 0.638. The van der Waals surface area contributed by atoms with Crippen LogP contribution in [0.15, 0.2) is 42.6 Å². The van der Waals surface area contributed by atoms with Crippen molar-refractivity contribution in [3.63, 3.8) is 0 Å². The van der Waals surface area contributed by atoms with E-state index in [-0.39, 0.29) is 19.0 Å². The first kappa shape index (κ1) is 13.8. The number of hydrogen-bond acceptors (Lipinski definition) is 3. The Kier molecular flexibility index (Phi) is 4.77. The maximum Gasteiger partial charge on any atom is 0.310 e. The largest absolute Gasteiger partial charge is 0.460 e. The summed E-state index contributed by atoms with van der Waals surface area (Å²) in [5.74, 6) is -0.294. The summed E-state index contributed by atoms with van der Waals surface area (Å²) in [6.45, 7) is 0.191. The monoisotopic (exact) mass is 295 g/mol. The molecule has 5 heteroatoms. The van der Waals surface area contributed by atoms with Crippen LogP contribution in [0.25, 0.3) is 0 Å². The molecule has 19 heavy (non-hydrogen) atoms. The van der Waals surface area contributed by atoms with Gasteiger partial charge in [0, 0.05) is 16.8 Å². The van der Waals surface area contributed by atoms with E-state index in [9.17, 15) is 4.79 Å². The predicted molar refractivity (Wildman–Crippen MR) is 74.2 cm³/mol. The summed E-state index contributed by atoms with van der Waals surface area (Å²) >= 11 is 11.4. The topological polar surface area (TPSA) is 39.2 Å². The predicted octanol–water partition coefficient (Wildman–Crippen LogP) is 3.67. The molecule has 1 heterocycles. The smallest absolute Gasteiger partial charge is 0.310 e. The van der Waals surface area contributed by atoms with Gasteiger partial charge in [0.15, 0.2) is 0 Å². The normalized spacial score (nSPS) is 10.2. The van der Waals surface area contributed by atoms with Crippen LogP contribution in [0.3, 0.4) is 0 Å². The first-order valence-corrected chi connectivity index (χ1v) is 6.39. The van der Waals surface area contributed by atoms with Crippen molar-refractivity contribution in [2.24, 2.45) is 0 Å². The fourth-order valence-electron chi connectivity index (χ4n) is 1.48. The molecule has 0 fully saturated rings. The molecular weight excluding hydrogens is 285 g/mol. The second-order valence-corrected chi connectivity index (χ2v) is 4.78. The molecule has 0 aliphatic heterocycles. The summed E-state index contributed by atoms with van der Waals surface area (Å²) in [6, 6.07) is 10.5. The Morgan fingerprint density at radius 1 is 1.05 bits per heavy atom. The van der Waals surface area contributed by atoms with E-state index in [0.29, 0.717) is 10.2 Å². The lowest BCUT2D eigenvalue weighted by Gasteiger charge is -2.05. The van der Waals surface area contributed by atoms with Gasteiger partial charge in [-0.15, -0.1) is 0 Å². The molecule has 2 rings (SSSR count). The molecule has 98 valence electrons. The summed E-state index contributed by atoms with van der Waals surface area (Å²) in [7, 11) is 0. The molecule has 1 aromatic carbocycles. The van der Waals surface area contributed by atoms with Gasteiger partial charge in [-0.1, -0.05) is 41.4 Å². The molecule has 0 N–H and O–H groups in total. The van der Waals surface area contributed by atoms with E-state index >= 15 is 0 Å². The summed E-state index contributed by atoms with van der Waals surface area (Å²) in [6.07, 6.45) is 1.80. The fraction of sp³-hybridized carbons (Fsp3) is 0.143. The highest BCUT2D eigenvalue weighted by atomic mass is 35.5. The number of aromatic nitrogens is 1. The highest BCUT2D eigenvalue weighted by Crippen LogP contribution is 2.11. The maximum absolute atomic E-state index is 11.6. The van der Waals surface area contributed by atoms with Crippen molar-refractivity contribution in [2.75, 3.05) is 0 Å². The fourth-order valence-corrected chi connectivity index (χ4v) is 1.71. The van der Waals surface area contributed by atoms with E-state index in [0.717, 1.165) is 11.1 Å². The number of rotatable bonds is 4. The molecule has 0 unspecified atom stereocenters. The first-order chi connectivity index (χ1) is 9.13. The Morgan fingerprint density at radius 2 is 1.74 bits per heavy atom. The number of halogens is 2. The lowest BCUT2D eigenvalue weighted by Crippen LogP contribution is -2.08. The zero-order chi connectivity index (χ0) is 13.7. The minimum atomic E-state index is -0.294. The zero-order valence-electron chi connectivity index (χ0n) is 9.98. The van der Waals surface area contributed by atoms with Crippen LogP contribution in [0, 0.1) is 0 Å². The van der Waals surface area contributed by atoms with Crippen LogP contribution in [0.5, 0.6) is 0 Å². The van der Waals surface area contributed by atoms with Crippen LogP contribution in [0.1, 0.15) is 11.1 Å². The molecule has 0 spiro atoms. The van der Waals surface area contributed by atoms with Crippen molar-refractivity contribution in [2.45, 2.75) is 13.0 Å². The van der Waals surface area contributed by atoms with Crippen molar-refractivity contribution in [3.05, 3.63) is 63.9 Å². The Labute approximate surface area is 121 Å². The maximum atomic E-state index is 11.6. The van der Waals surface area contributed by atoms with Crippen molar-refractivity contribution < 1.29 is 9.53 Å². The molecule has 0 saturated heterocycles. The standard InChI is InChI=1S/C14H11Cl2NO2/c15-12-4-1-10(2-5-12)7-14(18)19-9-11-3-6-13(16)17-8-11/h1-6,8H,7,9H2. The first-order valence-electron chi connectivity index (χ1n) is 5.64. The molecule has 0 bridgehead atoms. The molecule has 0 aliphatic rings. The molecule has 0 amide bonds. The summed E-state index contributed by atoms with van der Waals surface area (Å²) in [4.78, 5) is 15.5. The Morgan fingerprint density at radius 3 is 2.37 bits per heavy atom. The molecule has 0 saturated carbocycles. The molecular formula is C14H11Cl2NO2. The Balaban J connectivity index is 1.84. The summed E-state index contributed by atoms with van der Waals surface area (Å²) in [5, 5.41) is 1.06. The van der Waals surface area contributed by atoms with Crippen molar-refractivity contribution in [1.82, 2.24) is 4.98 Å². The van der Waals surface area contributed by atoms with Crippen LogP contribution in [-0.4, -0.2) is 11.0 Å². The third-order valence-electron chi connectivity index (χ3n) is 2.45. The second kappa shape index (κ2) is 6.55. The number of nitrogens with zero attached hydrogens (tertiary/aromatic N) is 1. The van der Waals surface area contributed by atoms with Crippen LogP contribution < -0.4 is 0 Å². The number of ether oxygens (including phenoxy) is 1. The van der Waals surface area contributed by atoms with Crippen molar-refractivity contribution in [1.29, 1.82) is 0 Å². The highest BCUT2D eigenvalue weighted by Gasteiger charge is 2.05. The van der Waals surface area contributed by atoms with E-state index < -0.39 is 0 Å². The van der Waals surface area contributed by atoms with Gasteiger partial charge in [-0.3, -0.25) is 4.79 Å². The van der Waals surface area contributed by atoms with Gasteiger partial charge in [0.05, 0.1) is 6.42 Å². The van der Waals surface area contributed by atoms with E-state index in [1.165, 1.54) is 0 Å². The number of carbonyl (C=O) groups is 1. The van der Waals surface area contributed by atoms with Gasteiger partial charge >= 0.3 is 5.97 Å². The minimum Gasteiger partial charge on any atom is -0.460 e. The van der Waals surface area contributed by atoms with Gasteiger partial charge in [0.25, 0.3) is 0 Å². The number of benzene rings is 1. The van der Waals surface area contributed by atoms with Crippen LogP contribution in [-0.2, 0) is 22.6 Å². The van der Waals surface area contributed by atoms with Crippen LogP contribution in [0.2, 0.25) is 10.2 Å². The van der Waals surface area contributed by atoms with Gasteiger partial charge in [0.2, 0.25) is 0 Å². The van der Waals surface area contributed by atoms with E-state index in [1.807, 2.05) is 0 Å². The number of pyridine rings is 1. The van der Waals surface area contributed by atoms with E-state index in [1.54, 1.807) is 42.6 Å². The van der Waals surface area contributed by atoms with E-state index in [4.69, 9.17) is 27.9 Å². The van der Waals surface area contributed by atoms with E-state index in [2.05, 4.69) is 4.98 Å².